The van der Waals surface area contributed by atoms with Crippen LogP contribution in [0.25, 0.3) is 6.08 Å². The van der Waals surface area contributed by atoms with Gasteiger partial charge in [0.15, 0.2) is 4.80 Å². The van der Waals surface area contributed by atoms with Gasteiger partial charge in [-0.05, 0) is 12.1 Å². The number of hydrogen-bond donors (Lipinski definition) is 0. The third-order valence-electron chi connectivity index (χ3n) is 3.02. The van der Waals surface area contributed by atoms with Crippen molar-refractivity contribution >= 4 is 17.4 Å². The first-order chi connectivity index (χ1) is 9.79. The molecule has 0 aliphatic carbocycles. The highest BCUT2D eigenvalue weighted by molar-refractivity contribution is 7.07. The first-order valence-corrected chi connectivity index (χ1v) is 7.20. The van der Waals surface area contributed by atoms with Crippen molar-refractivity contribution in [2.45, 2.75) is 6.54 Å². The normalized spacial score (nSPS) is 13.9. The van der Waals surface area contributed by atoms with E-state index in [4.69, 9.17) is 4.74 Å². The minimum Gasteiger partial charge on any atom is -0.489 e. The summed E-state index contributed by atoms with van der Waals surface area (Å²) in [6.45, 7) is 5.48. The van der Waals surface area contributed by atoms with E-state index in [1.54, 1.807) is 10.6 Å². The standard InChI is InChI=1S/C15H14N2O2S/c1-2-9-19-12-6-4-3-5-11(12)10-13-14(18)17-8-7-16-15(17)20-13/h2-6,10H,1,7-9H2. The summed E-state index contributed by atoms with van der Waals surface area (Å²) in [5.41, 5.74) is 0.928. The first kappa shape index (κ1) is 12.9. The maximum absolute atomic E-state index is 12.2. The molecule has 0 fully saturated rings. The zero-order valence-electron chi connectivity index (χ0n) is 10.9. The summed E-state index contributed by atoms with van der Waals surface area (Å²) in [7, 11) is 0. The van der Waals surface area contributed by atoms with E-state index in [1.165, 1.54) is 11.3 Å². The summed E-state index contributed by atoms with van der Waals surface area (Å²) in [5.74, 6) is 0.752. The van der Waals surface area contributed by atoms with Crippen LogP contribution in [-0.2, 0) is 6.54 Å². The van der Waals surface area contributed by atoms with E-state index in [0.717, 1.165) is 16.1 Å². The van der Waals surface area contributed by atoms with Gasteiger partial charge in [0.25, 0.3) is 5.56 Å². The van der Waals surface area contributed by atoms with Crippen LogP contribution in [0.1, 0.15) is 5.56 Å². The van der Waals surface area contributed by atoms with Crippen molar-refractivity contribution in [2.75, 3.05) is 13.2 Å². The molecule has 102 valence electrons. The molecule has 0 atom stereocenters. The summed E-state index contributed by atoms with van der Waals surface area (Å²) >= 11 is 1.43. The SMILES string of the molecule is C=CCOc1ccccc1C=c1sc2n(c1=O)CCN=2. The van der Waals surface area contributed by atoms with Gasteiger partial charge in [0.05, 0.1) is 11.1 Å². The van der Waals surface area contributed by atoms with Crippen LogP contribution in [-0.4, -0.2) is 17.7 Å². The average molecular weight is 286 g/mol. The van der Waals surface area contributed by atoms with Crippen molar-refractivity contribution in [2.24, 2.45) is 4.99 Å². The molecular weight excluding hydrogens is 272 g/mol. The van der Waals surface area contributed by atoms with E-state index in [-0.39, 0.29) is 5.56 Å². The maximum atomic E-state index is 12.2. The minimum absolute atomic E-state index is 0.0322. The van der Waals surface area contributed by atoms with Crippen LogP contribution < -0.4 is 19.6 Å². The third kappa shape index (κ3) is 2.32. The molecule has 0 radical (unpaired) electrons. The lowest BCUT2D eigenvalue weighted by molar-refractivity contribution is 0.362. The molecule has 0 amide bonds. The van der Waals surface area contributed by atoms with Crippen molar-refractivity contribution in [1.82, 2.24) is 4.57 Å². The number of para-hydroxylation sites is 1. The molecule has 1 aromatic carbocycles. The molecule has 5 heteroatoms. The van der Waals surface area contributed by atoms with Gasteiger partial charge in [-0.15, -0.1) is 0 Å². The molecule has 2 heterocycles. The van der Waals surface area contributed by atoms with E-state index < -0.39 is 0 Å². The summed E-state index contributed by atoms with van der Waals surface area (Å²) in [4.78, 5) is 17.3. The van der Waals surface area contributed by atoms with Crippen molar-refractivity contribution < 1.29 is 4.74 Å². The zero-order valence-corrected chi connectivity index (χ0v) is 11.7. The Labute approximate surface area is 120 Å². The highest BCUT2D eigenvalue weighted by Gasteiger charge is 2.10. The summed E-state index contributed by atoms with van der Waals surface area (Å²) in [6, 6.07) is 7.66. The van der Waals surface area contributed by atoms with Gasteiger partial charge in [-0.1, -0.05) is 42.2 Å². The number of nitrogens with zero attached hydrogens (tertiary/aromatic N) is 2. The molecule has 2 aromatic rings. The van der Waals surface area contributed by atoms with Crippen LogP contribution >= 0.6 is 11.3 Å². The van der Waals surface area contributed by atoms with Crippen LogP contribution in [0.2, 0.25) is 0 Å². The van der Waals surface area contributed by atoms with Gasteiger partial charge in [0.1, 0.15) is 12.4 Å². The zero-order chi connectivity index (χ0) is 13.9. The number of thiazole rings is 1. The molecule has 20 heavy (non-hydrogen) atoms. The Morgan fingerprint density at radius 3 is 3.10 bits per heavy atom. The fourth-order valence-corrected chi connectivity index (χ4v) is 3.11. The lowest BCUT2D eigenvalue weighted by atomic mass is 10.2. The second kappa shape index (κ2) is 5.46. The van der Waals surface area contributed by atoms with Crippen LogP contribution in [0.15, 0.2) is 46.7 Å². The van der Waals surface area contributed by atoms with Gasteiger partial charge in [-0.25, -0.2) is 0 Å². The van der Waals surface area contributed by atoms with Crippen molar-refractivity contribution in [1.29, 1.82) is 0 Å². The Morgan fingerprint density at radius 1 is 1.45 bits per heavy atom. The number of fused-ring (bicyclic) bond motifs is 1. The predicted octanol–water partition coefficient (Wildman–Crippen LogP) is 0.937. The maximum Gasteiger partial charge on any atom is 0.270 e. The Bertz CT molecular complexity index is 817. The predicted molar refractivity (Wildman–Crippen MR) is 79.9 cm³/mol. The summed E-state index contributed by atoms with van der Waals surface area (Å²) in [6.07, 6.45) is 3.57. The summed E-state index contributed by atoms with van der Waals surface area (Å²) in [5, 5.41) is 0. The molecule has 1 aliphatic heterocycles. The number of rotatable bonds is 4. The van der Waals surface area contributed by atoms with Gasteiger partial charge in [0.2, 0.25) is 0 Å². The fourth-order valence-electron chi connectivity index (χ4n) is 2.09. The molecule has 0 bridgehead atoms. The number of aromatic nitrogens is 1. The van der Waals surface area contributed by atoms with E-state index in [0.29, 0.717) is 24.2 Å². The van der Waals surface area contributed by atoms with Gasteiger partial charge >= 0.3 is 0 Å². The highest BCUT2D eigenvalue weighted by Crippen LogP contribution is 2.18. The molecule has 4 nitrogen and oxygen atoms in total. The smallest absolute Gasteiger partial charge is 0.270 e. The minimum atomic E-state index is 0.0322. The van der Waals surface area contributed by atoms with E-state index in [9.17, 15) is 4.79 Å². The summed E-state index contributed by atoms with van der Waals surface area (Å²) < 4.78 is 8.02. The first-order valence-electron chi connectivity index (χ1n) is 6.38. The molecule has 0 saturated heterocycles. The Hall–Kier alpha value is -2.14. The number of ether oxygens (including phenoxy) is 1. The van der Waals surface area contributed by atoms with Crippen molar-refractivity contribution in [3.63, 3.8) is 0 Å². The van der Waals surface area contributed by atoms with Crippen molar-refractivity contribution in [3.8, 4) is 5.75 Å². The molecule has 1 aromatic heterocycles. The molecule has 0 saturated carbocycles. The van der Waals surface area contributed by atoms with E-state index in [2.05, 4.69) is 11.6 Å². The van der Waals surface area contributed by atoms with Gasteiger partial charge in [-0.3, -0.25) is 14.4 Å². The fraction of sp³-hybridized carbons (Fsp3) is 0.200. The Balaban J connectivity index is 2.09. The average Bonchev–Trinajstić information content (AvgIpc) is 3.02. The van der Waals surface area contributed by atoms with Crippen LogP contribution in [0.5, 0.6) is 5.75 Å². The van der Waals surface area contributed by atoms with Gasteiger partial charge in [0, 0.05) is 12.1 Å². The molecule has 0 spiro atoms. The number of hydrogen-bond acceptors (Lipinski definition) is 4. The topological polar surface area (TPSA) is 43.6 Å². The Morgan fingerprint density at radius 2 is 2.30 bits per heavy atom. The lowest BCUT2D eigenvalue weighted by Crippen LogP contribution is -2.29. The molecule has 0 unspecified atom stereocenters. The lowest BCUT2D eigenvalue weighted by Gasteiger charge is -2.05. The molecule has 1 aliphatic rings. The largest absolute Gasteiger partial charge is 0.489 e. The van der Waals surface area contributed by atoms with Crippen LogP contribution in [0.4, 0.5) is 0 Å². The number of benzene rings is 1. The van der Waals surface area contributed by atoms with Gasteiger partial charge in [-0.2, -0.15) is 0 Å². The van der Waals surface area contributed by atoms with Gasteiger partial charge < -0.3 is 4.74 Å². The monoisotopic (exact) mass is 286 g/mol. The second-order valence-corrected chi connectivity index (χ2v) is 5.38. The quantitative estimate of drug-likeness (QED) is 0.785. The van der Waals surface area contributed by atoms with E-state index in [1.807, 2.05) is 30.3 Å². The van der Waals surface area contributed by atoms with Crippen LogP contribution in [0.3, 0.4) is 0 Å². The molecule has 0 N–H and O–H groups in total. The van der Waals surface area contributed by atoms with Crippen molar-refractivity contribution in [3.05, 3.63) is 62.2 Å². The second-order valence-electron chi connectivity index (χ2n) is 4.37. The van der Waals surface area contributed by atoms with Crippen LogP contribution in [0, 0.1) is 0 Å². The highest BCUT2D eigenvalue weighted by atomic mass is 32.1. The molecule has 3 rings (SSSR count). The van der Waals surface area contributed by atoms with E-state index >= 15 is 0 Å². The third-order valence-corrected chi connectivity index (χ3v) is 4.07. The molecular formula is C15H14N2O2S. The Kier molecular flexibility index (Phi) is 3.52.